The predicted octanol–water partition coefficient (Wildman–Crippen LogP) is 1.41. The number of nitrogens with one attached hydrogen (secondary N) is 2. The van der Waals surface area contributed by atoms with Gasteiger partial charge in [-0.1, -0.05) is 0 Å². The first-order valence-electron chi connectivity index (χ1n) is 7.18. The Balaban J connectivity index is 1.56. The number of aromatic amines is 1. The van der Waals surface area contributed by atoms with Crippen LogP contribution in [-0.2, 0) is 16.0 Å². The molecule has 0 spiro atoms. The highest BCUT2D eigenvalue weighted by Gasteiger charge is 2.22. The molecule has 1 atom stereocenters. The van der Waals surface area contributed by atoms with E-state index >= 15 is 0 Å². The molecule has 2 aromatic rings. The van der Waals surface area contributed by atoms with E-state index in [0.717, 1.165) is 35.4 Å². The van der Waals surface area contributed by atoms with Gasteiger partial charge in [0.1, 0.15) is 17.7 Å². The average molecular weight is 289 g/mol. The van der Waals surface area contributed by atoms with E-state index < -0.39 is 0 Å². The first kappa shape index (κ1) is 13.9. The number of hydrogen-bond acceptors (Lipinski definition) is 4. The number of hydrogen-bond donors (Lipinski definition) is 2. The molecule has 1 aliphatic rings. The molecule has 0 radical (unpaired) electrons. The first-order valence-corrected chi connectivity index (χ1v) is 7.18. The van der Waals surface area contributed by atoms with Gasteiger partial charge in [0.05, 0.1) is 18.1 Å². The van der Waals surface area contributed by atoms with Crippen LogP contribution >= 0.6 is 0 Å². The molecule has 1 saturated heterocycles. The van der Waals surface area contributed by atoms with Crippen LogP contribution in [-0.4, -0.2) is 42.2 Å². The molecule has 3 rings (SSSR count). The van der Waals surface area contributed by atoms with Crippen molar-refractivity contribution < 1.29 is 14.3 Å². The quantitative estimate of drug-likeness (QED) is 0.872. The molecule has 6 nitrogen and oxygen atoms in total. The maximum Gasteiger partial charge on any atom is 0.249 e. The van der Waals surface area contributed by atoms with E-state index in [-0.39, 0.29) is 12.0 Å². The molecule has 0 saturated carbocycles. The standard InChI is InChI=1S/C15H19N3O3/c1-20-10-4-5-11-12(9-10)18-14(17-11)6-7-16-15(19)13-3-2-8-21-13/h4-5,9,13H,2-3,6-8H2,1H3,(H,16,19)(H,17,18)/t13-/m0/s1. The zero-order valence-electron chi connectivity index (χ0n) is 12.0. The summed E-state index contributed by atoms with van der Waals surface area (Å²) >= 11 is 0. The summed E-state index contributed by atoms with van der Waals surface area (Å²) in [7, 11) is 1.64. The summed E-state index contributed by atoms with van der Waals surface area (Å²) in [5.41, 5.74) is 1.84. The molecule has 2 heterocycles. The Morgan fingerprint density at radius 2 is 2.48 bits per heavy atom. The van der Waals surface area contributed by atoms with E-state index in [9.17, 15) is 4.79 Å². The van der Waals surface area contributed by atoms with Gasteiger partial charge in [0.2, 0.25) is 5.91 Å². The molecule has 0 bridgehead atoms. The molecular formula is C15H19N3O3. The van der Waals surface area contributed by atoms with Crippen molar-refractivity contribution in [3.8, 4) is 5.75 Å². The van der Waals surface area contributed by atoms with Crippen molar-refractivity contribution >= 4 is 16.9 Å². The predicted molar refractivity (Wildman–Crippen MR) is 78.3 cm³/mol. The molecule has 0 aliphatic carbocycles. The molecule has 1 aliphatic heterocycles. The van der Waals surface area contributed by atoms with Crippen LogP contribution in [0.25, 0.3) is 11.0 Å². The third kappa shape index (κ3) is 3.16. The van der Waals surface area contributed by atoms with Crippen molar-refractivity contribution in [1.29, 1.82) is 0 Å². The topological polar surface area (TPSA) is 76.2 Å². The summed E-state index contributed by atoms with van der Waals surface area (Å²) in [5, 5.41) is 2.89. The Hall–Kier alpha value is -2.08. The van der Waals surface area contributed by atoms with Crippen molar-refractivity contribution in [2.24, 2.45) is 0 Å². The van der Waals surface area contributed by atoms with Gasteiger partial charge in [-0.15, -0.1) is 0 Å². The molecule has 1 aromatic carbocycles. The minimum atomic E-state index is -0.273. The summed E-state index contributed by atoms with van der Waals surface area (Å²) in [6.07, 6.45) is 2.17. The largest absolute Gasteiger partial charge is 0.497 e. The van der Waals surface area contributed by atoms with E-state index in [1.54, 1.807) is 7.11 Å². The van der Waals surface area contributed by atoms with Crippen LogP contribution in [0.4, 0.5) is 0 Å². The fourth-order valence-electron chi connectivity index (χ4n) is 2.49. The molecule has 1 aromatic heterocycles. The minimum Gasteiger partial charge on any atom is -0.497 e. The van der Waals surface area contributed by atoms with Crippen molar-refractivity contribution in [2.75, 3.05) is 20.3 Å². The number of carbonyl (C=O) groups is 1. The normalized spacial score (nSPS) is 18.0. The van der Waals surface area contributed by atoms with Crippen LogP contribution in [0.1, 0.15) is 18.7 Å². The van der Waals surface area contributed by atoms with E-state index in [1.807, 2.05) is 18.2 Å². The fraction of sp³-hybridized carbons (Fsp3) is 0.467. The third-order valence-corrected chi connectivity index (χ3v) is 3.62. The van der Waals surface area contributed by atoms with E-state index in [1.165, 1.54) is 0 Å². The number of H-pyrrole nitrogens is 1. The van der Waals surface area contributed by atoms with E-state index in [2.05, 4.69) is 15.3 Å². The summed E-state index contributed by atoms with van der Waals surface area (Å²) in [5.74, 6) is 1.63. The number of fused-ring (bicyclic) bond motifs is 1. The molecular weight excluding hydrogens is 270 g/mol. The maximum atomic E-state index is 11.8. The SMILES string of the molecule is COc1ccc2nc(CCNC(=O)[C@@H]3CCCO3)[nH]c2c1. The maximum absolute atomic E-state index is 11.8. The lowest BCUT2D eigenvalue weighted by atomic mass is 10.2. The van der Waals surface area contributed by atoms with Gasteiger partial charge in [-0.3, -0.25) is 4.79 Å². The lowest BCUT2D eigenvalue weighted by Gasteiger charge is -2.09. The number of rotatable bonds is 5. The number of benzene rings is 1. The minimum absolute atomic E-state index is 0.0229. The van der Waals surface area contributed by atoms with E-state index in [4.69, 9.17) is 9.47 Å². The molecule has 21 heavy (non-hydrogen) atoms. The highest BCUT2D eigenvalue weighted by atomic mass is 16.5. The number of methoxy groups -OCH3 is 1. The van der Waals surface area contributed by atoms with Crippen LogP contribution in [0.3, 0.4) is 0 Å². The number of imidazole rings is 1. The van der Waals surface area contributed by atoms with Crippen LogP contribution in [0.5, 0.6) is 5.75 Å². The summed E-state index contributed by atoms with van der Waals surface area (Å²) in [6.45, 7) is 1.24. The van der Waals surface area contributed by atoms with Gasteiger partial charge in [-0.25, -0.2) is 4.98 Å². The van der Waals surface area contributed by atoms with Crippen molar-refractivity contribution in [1.82, 2.24) is 15.3 Å². The molecule has 112 valence electrons. The van der Waals surface area contributed by atoms with Crippen LogP contribution in [0, 0.1) is 0 Å². The number of nitrogens with zero attached hydrogens (tertiary/aromatic N) is 1. The third-order valence-electron chi connectivity index (χ3n) is 3.62. The summed E-state index contributed by atoms with van der Waals surface area (Å²) < 4.78 is 10.5. The fourth-order valence-corrected chi connectivity index (χ4v) is 2.49. The second-order valence-corrected chi connectivity index (χ2v) is 5.11. The average Bonchev–Trinajstić information content (AvgIpc) is 3.15. The number of carbonyl (C=O) groups excluding carboxylic acids is 1. The monoisotopic (exact) mass is 289 g/mol. The van der Waals surface area contributed by atoms with Gasteiger partial charge in [-0.2, -0.15) is 0 Å². The van der Waals surface area contributed by atoms with Gasteiger partial charge in [-0.05, 0) is 25.0 Å². The molecule has 2 N–H and O–H groups in total. The van der Waals surface area contributed by atoms with Crippen molar-refractivity contribution in [2.45, 2.75) is 25.4 Å². The Morgan fingerprint density at radius 3 is 3.24 bits per heavy atom. The summed E-state index contributed by atoms with van der Waals surface area (Å²) in [4.78, 5) is 19.5. The number of aromatic nitrogens is 2. The smallest absolute Gasteiger partial charge is 0.249 e. The Bertz CT molecular complexity index is 632. The molecule has 1 fully saturated rings. The van der Waals surface area contributed by atoms with Crippen molar-refractivity contribution in [3.05, 3.63) is 24.0 Å². The zero-order chi connectivity index (χ0) is 14.7. The van der Waals surface area contributed by atoms with Gasteiger partial charge in [0.25, 0.3) is 0 Å². The Morgan fingerprint density at radius 1 is 1.57 bits per heavy atom. The highest BCUT2D eigenvalue weighted by Crippen LogP contribution is 2.18. The second-order valence-electron chi connectivity index (χ2n) is 5.11. The van der Waals surface area contributed by atoms with E-state index in [0.29, 0.717) is 19.6 Å². The van der Waals surface area contributed by atoms with Crippen molar-refractivity contribution in [3.63, 3.8) is 0 Å². The zero-order valence-corrected chi connectivity index (χ0v) is 12.0. The first-order chi connectivity index (χ1) is 10.3. The Labute approximate surface area is 122 Å². The summed E-state index contributed by atoms with van der Waals surface area (Å²) in [6, 6.07) is 5.71. The van der Waals surface area contributed by atoms with Gasteiger partial charge >= 0.3 is 0 Å². The number of ether oxygens (including phenoxy) is 2. The highest BCUT2D eigenvalue weighted by molar-refractivity contribution is 5.81. The van der Waals surface area contributed by atoms with Crippen LogP contribution in [0.2, 0.25) is 0 Å². The number of amides is 1. The van der Waals surface area contributed by atoms with Gasteiger partial charge in [0.15, 0.2) is 0 Å². The van der Waals surface area contributed by atoms with Crippen LogP contribution < -0.4 is 10.1 Å². The molecule has 6 heteroatoms. The van der Waals surface area contributed by atoms with Crippen LogP contribution in [0.15, 0.2) is 18.2 Å². The molecule has 1 amide bonds. The second kappa shape index (κ2) is 6.13. The molecule has 0 unspecified atom stereocenters. The van der Waals surface area contributed by atoms with Gasteiger partial charge in [0, 0.05) is 25.6 Å². The van der Waals surface area contributed by atoms with Gasteiger partial charge < -0.3 is 19.8 Å². The lowest BCUT2D eigenvalue weighted by Crippen LogP contribution is -2.35. The Kier molecular flexibility index (Phi) is 4.06. The lowest BCUT2D eigenvalue weighted by molar-refractivity contribution is -0.129.